The molecule has 29 heavy (non-hydrogen) atoms. The molecular weight excluding hydrogens is 428 g/mol. The average molecular weight is 472 g/mol. The van der Waals surface area contributed by atoms with Crippen molar-refractivity contribution >= 4 is 15.9 Å². The van der Waals surface area contributed by atoms with Gasteiger partial charge in [-0.25, -0.2) is 0 Å². The Kier molecular flexibility index (Phi) is 15.0. The zero-order valence-corrected chi connectivity index (χ0v) is 20.8. The Morgan fingerprint density at radius 3 is 1.76 bits per heavy atom. The summed E-state index contributed by atoms with van der Waals surface area (Å²) in [6.45, 7) is 10.1. The first-order chi connectivity index (χ1) is 14.2. The molecule has 168 valence electrons. The zero-order valence-electron chi connectivity index (χ0n) is 19.2. The normalized spacial score (nSPS) is 13.0. The van der Waals surface area contributed by atoms with E-state index in [1.807, 2.05) is 20.8 Å². The number of benzene rings is 1. The maximum Gasteiger partial charge on any atom is 0.285 e. The van der Waals surface area contributed by atoms with Gasteiger partial charge >= 0.3 is 0 Å². The topological polar surface area (TPSA) is 27.7 Å². The highest BCUT2D eigenvalue weighted by Gasteiger charge is 2.41. The van der Waals surface area contributed by atoms with Crippen molar-refractivity contribution in [2.24, 2.45) is 5.92 Å². The van der Waals surface area contributed by atoms with Crippen LogP contribution in [-0.4, -0.2) is 25.8 Å². The smallest absolute Gasteiger partial charge is 0.285 e. The standard InChI is InChI=1S/C25H43BrO3/c1-5-9-10-11-12-13-14-24(25(27-6-2,28-7-3)29-8-4)20-19-22-15-17-23(21-26)18-16-22/h15-18,24H,5-14,19-21H2,1-4H3. The molecule has 0 aliphatic heterocycles. The molecule has 1 aromatic rings. The highest BCUT2D eigenvalue weighted by atomic mass is 79.9. The number of halogens is 1. The van der Waals surface area contributed by atoms with Gasteiger partial charge in [0.05, 0.1) is 0 Å². The lowest BCUT2D eigenvalue weighted by molar-refractivity contribution is -0.403. The van der Waals surface area contributed by atoms with Gasteiger partial charge in [0.2, 0.25) is 0 Å². The van der Waals surface area contributed by atoms with Crippen molar-refractivity contribution in [3.05, 3.63) is 35.4 Å². The van der Waals surface area contributed by atoms with Crippen LogP contribution in [0, 0.1) is 5.92 Å². The van der Waals surface area contributed by atoms with Crippen molar-refractivity contribution < 1.29 is 14.2 Å². The molecule has 0 amide bonds. The summed E-state index contributed by atoms with van der Waals surface area (Å²) >= 11 is 3.52. The fourth-order valence-corrected chi connectivity index (χ4v) is 4.26. The predicted molar refractivity (Wildman–Crippen MR) is 126 cm³/mol. The molecule has 1 aromatic carbocycles. The van der Waals surface area contributed by atoms with Crippen LogP contribution in [0.1, 0.15) is 90.2 Å². The van der Waals surface area contributed by atoms with Gasteiger partial charge in [-0.05, 0) is 51.2 Å². The molecular formula is C25H43BrO3. The van der Waals surface area contributed by atoms with Gasteiger partial charge in [-0.3, -0.25) is 0 Å². The van der Waals surface area contributed by atoms with E-state index >= 15 is 0 Å². The third-order valence-electron chi connectivity index (χ3n) is 5.40. The third kappa shape index (κ3) is 9.95. The maximum absolute atomic E-state index is 6.14. The van der Waals surface area contributed by atoms with Crippen LogP contribution in [-0.2, 0) is 26.0 Å². The van der Waals surface area contributed by atoms with Crippen LogP contribution in [0.2, 0.25) is 0 Å². The lowest BCUT2D eigenvalue weighted by Crippen LogP contribution is -2.47. The molecule has 0 saturated carbocycles. The van der Waals surface area contributed by atoms with Crippen LogP contribution < -0.4 is 0 Å². The molecule has 4 heteroatoms. The van der Waals surface area contributed by atoms with Crippen LogP contribution in [0.5, 0.6) is 0 Å². The molecule has 0 heterocycles. The van der Waals surface area contributed by atoms with E-state index in [2.05, 4.69) is 47.1 Å². The number of ether oxygens (including phenoxy) is 3. The van der Waals surface area contributed by atoms with Crippen LogP contribution in [0.3, 0.4) is 0 Å². The number of alkyl halides is 1. The van der Waals surface area contributed by atoms with E-state index in [9.17, 15) is 0 Å². The van der Waals surface area contributed by atoms with Gasteiger partial charge in [0.25, 0.3) is 5.97 Å². The second-order valence-electron chi connectivity index (χ2n) is 7.64. The van der Waals surface area contributed by atoms with Crippen molar-refractivity contribution in [1.29, 1.82) is 0 Å². The lowest BCUT2D eigenvalue weighted by Gasteiger charge is -2.39. The first kappa shape index (κ1) is 26.6. The fourth-order valence-electron chi connectivity index (χ4n) is 3.89. The summed E-state index contributed by atoms with van der Waals surface area (Å²) in [5.74, 6) is -0.693. The number of unbranched alkanes of at least 4 members (excludes halogenated alkanes) is 5. The van der Waals surface area contributed by atoms with Crippen LogP contribution in [0.15, 0.2) is 24.3 Å². The second kappa shape index (κ2) is 16.3. The molecule has 1 atom stereocenters. The van der Waals surface area contributed by atoms with E-state index in [0.29, 0.717) is 19.8 Å². The van der Waals surface area contributed by atoms with E-state index in [1.54, 1.807) is 0 Å². The van der Waals surface area contributed by atoms with E-state index in [4.69, 9.17) is 14.2 Å². The number of aryl methyl sites for hydroxylation is 1. The Morgan fingerprint density at radius 1 is 0.724 bits per heavy atom. The summed E-state index contributed by atoms with van der Waals surface area (Å²) < 4.78 is 18.4. The number of hydrogen-bond acceptors (Lipinski definition) is 3. The summed E-state index contributed by atoms with van der Waals surface area (Å²) in [6, 6.07) is 8.88. The summed E-state index contributed by atoms with van der Waals surface area (Å²) in [6.07, 6.45) is 10.9. The molecule has 0 aliphatic carbocycles. The molecule has 1 rings (SSSR count). The summed E-state index contributed by atoms with van der Waals surface area (Å²) in [5, 5.41) is 0.899. The summed E-state index contributed by atoms with van der Waals surface area (Å²) in [5.41, 5.74) is 2.67. The fraction of sp³-hybridized carbons (Fsp3) is 0.760. The zero-order chi connectivity index (χ0) is 21.4. The molecule has 0 aromatic heterocycles. The van der Waals surface area contributed by atoms with Gasteiger partial charge in [-0.15, -0.1) is 0 Å². The maximum atomic E-state index is 6.14. The molecule has 3 nitrogen and oxygen atoms in total. The van der Waals surface area contributed by atoms with Crippen molar-refractivity contribution in [1.82, 2.24) is 0 Å². The Bertz CT molecular complexity index is 486. The minimum absolute atomic E-state index is 0.226. The molecule has 0 N–H and O–H groups in total. The quantitative estimate of drug-likeness (QED) is 0.125. The lowest BCUT2D eigenvalue weighted by atomic mass is 9.91. The van der Waals surface area contributed by atoms with Gasteiger partial charge in [0.15, 0.2) is 0 Å². The molecule has 0 bridgehead atoms. The third-order valence-corrected chi connectivity index (χ3v) is 6.05. The highest BCUT2D eigenvalue weighted by molar-refractivity contribution is 9.08. The Hall–Kier alpha value is -0.420. The predicted octanol–water partition coefficient (Wildman–Crippen LogP) is 7.64. The molecule has 0 saturated heterocycles. The van der Waals surface area contributed by atoms with Gasteiger partial charge < -0.3 is 14.2 Å². The number of rotatable bonds is 18. The molecule has 0 fully saturated rings. The first-order valence-corrected chi connectivity index (χ1v) is 12.8. The molecule has 1 unspecified atom stereocenters. The molecule has 0 spiro atoms. The van der Waals surface area contributed by atoms with E-state index in [-0.39, 0.29) is 5.92 Å². The summed E-state index contributed by atoms with van der Waals surface area (Å²) in [4.78, 5) is 0. The van der Waals surface area contributed by atoms with Crippen molar-refractivity contribution in [3.8, 4) is 0 Å². The molecule has 0 radical (unpaired) electrons. The van der Waals surface area contributed by atoms with Gasteiger partial charge in [0.1, 0.15) is 0 Å². The average Bonchev–Trinajstić information content (AvgIpc) is 2.73. The Balaban J connectivity index is 2.82. The van der Waals surface area contributed by atoms with Gasteiger partial charge in [-0.1, -0.05) is 85.6 Å². The van der Waals surface area contributed by atoms with Crippen molar-refractivity contribution in [3.63, 3.8) is 0 Å². The van der Waals surface area contributed by atoms with Gasteiger partial charge in [0, 0.05) is 31.1 Å². The highest BCUT2D eigenvalue weighted by Crippen LogP contribution is 2.34. The van der Waals surface area contributed by atoms with E-state index in [0.717, 1.165) is 24.6 Å². The molecule has 0 aliphatic rings. The monoisotopic (exact) mass is 470 g/mol. The van der Waals surface area contributed by atoms with Crippen LogP contribution >= 0.6 is 15.9 Å². The number of hydrogen-bond donors (Lipinski definition) is 0. The van der Waals surface area contributed by atoms with Crippen molar-refractivity contribution in [2.75, 3.05) is 19.8 Å². The Morgan fingerprint density at radius 2 is 1.24 bits per heavy atom. The summed E-state index contributed by atoms with van der Waals surface area (Å²) in [7, 11) is 0. The largest absolute Gasteiger partial charge is 0.328 e. The minimum atomic E-state index is -0.919. The van der Waals surface area contributed by atoms with Crippen LogP contribution in [0.4, 0.5) is 0 Å². The van der Waals surface area contributed by atoms with Crippen LogP contribution in [0.25, 0.3) is 0 Å². The van der Waals surface area contributed by atoms with E-state index in [1.165, 1.54) is 49.7 Å². The van der Waals surface area contributed by atoms with Crippen molar-refractivity contribution in [2.45, 2.75) is 96.8 Å². The SMILES string of the molecule is CCCCCCCCC(CCc1ccc(CBr)cc1)C(OCC)(OCC)OCC. The Labute approximate surface area is 188 Å². The first-order valence-electron chi connectivity index (χ1n) is 11.7. The van der Waals surface area contributed by atoms with E-state index < -0.39 is 5.97 Å². The second-order valence-corrected chi connectivity index (χ2v) is 8.21. The minimum Gasteiger partial charge on any atom is -0.328 e. The van der Waals surface area contributed by atoms with Gasteiger partial charge in [-0.2, -0.15) is 0 Å².